The molecule has 0 spiro atoms. The molecule has 2 aromatic rings. The Morgan fingerprint density at radius 3 is 2.86 bits per heavy atom. The third-order valence-corrected chi connectivity index (χ3v) is 3.68. The number of hydrogen-bond acceptors (Lipinski definition) is 4. The molecule has 0 radical (unpaired) electrons. The van der Waals surface area contributed by atoms with Crippen LogP contribution in [0.25, 0.3) is 10.7 Å². The highest BCUT2D eigenvalue weighted by atomic mass is 32.1. The third-order valence-electron chi connectivity index (χ3n) is 2.81. The zero-order valence-corrected chi connectivity index (χ0v) is 13.1. The van der Waals surface area contributed by atoms with Crippen LogP contribution in [0, 0.1) is 0 Å². The maximum absolute atomic E-state index is 12.1. The average molecular weight is 309 g/mol. The van der Waals surface area contributed by atoms with Crippen molar-refractivity contribution in [3.8, 4) is 10.7 Å². The number of rotatable bonds is 5. The van der Waals surface area contributed by atoms with Crippen molar-refractivity contribution in [2.45, 2.75) is 26.4 Å². The van der Waals surface area contributed by atoms with Crippen molar-refractivity contribution in [1.29, 1.82) is 0 Å². The molecule has 0 saturated carbocycles. The van der Waals surface area contributed by atoms with E-state index in [0.29, 0.717) is 18.9 Å². The number of thiophene rings is 1. The van der Waals surface area contributed by atoms with Gasteiger partial charge in [0.15, 0.2) is 5.82 Å². The topological polar surface area (TPSA) is 81.0 Å². The van der Waals surface area contributed by atoms with Gasteiger partial charge >= 0.3 is 11.7 Å². The van der Waals surface area contributed by atoms with Gasteiger partial charge in [0.1, 0.15) is 0 Å². The fraction of sp³-hybridized carbons (Fsp3) is 0.462. The monoisotopic (exact) mass is 309 g/mol. The lowest BCUT2D eigenvalue weighted by Crippen LogP contribution is -2.41. The smallest absolute Gasteiger partial charge is 0.336 e. The lowest BCUT2D eigenvalue weighted by Gasteiger charge is -2.09. The van der Waals surface area contributed by atoms with E-state index in [-0.39, 0.29) is 17.8 Å². The van der Waals surface area contributed by atoms with Crippen LogP contribution in [-0.2, 0) is 13.6 Å². The van der Waals surface area contributed by atoms with Crippen molar-refractivity contribution in [3.63, 3.8) is 0 Å². The van der Waals surface area contributed by atoms with Crippen LogP contribution >= 0.6 is 11.3 Å². The molecule has 0 saturated heterocycles. The molecule has 0 aliphatic carbocycles. The molecular formula is C13H19N5O2S. The Balaban J connectivity index is 2.00. The van der Waals surface area contributed by atoms with Gasteiger partial charge in [-0.05, 0) is 25.3 Å². The van der Waals surface area contributed by atoms with E-state index in [0.717, 1.165) is 4.88 Å². The molecule has 21 heavy (non-hydrogen) atoms. The zero-order chi connectivity index (χ0) is 15.4. The van der Waals surface area contributed by atoms with Gasteiger partial charge in [-0.25, -0.2) is 14.3 Å². The van der Waals surface area contributed by atoms with Gasteiger partial charge in [0, 0.05) is 19.6 Å². The Hall–Kier alpha value is -2.09. The number of carbonyl (C=O) groups excluding carboxylic acids is 1. The van der Waals surface area contributed by atoms with Crippen LogP contribution in [0.3, 0.4) is 0 Å². The second kappa shape index (κ2) is 6.57. The quantitative estimate of drug-likeness (QED) is 0.865. The summed E-state index contributed by atoms with van der Waals surface area (Å²) >= 11 is 1.53. The number of nitrogens with one attached hydrogen (secondary N) is 2. The van der Waals surface area contributed by atoms with Crippen molar-refractivity contribution in [1.82, 2.24) is 25.0 Å². The van der Waals surface area contributed by atoms with Crippen molar-refractivity contribution in [2.24, 2.45) is 7.05 Å². The van der Waals surface area contributed by atoms with Crippen molar-refractivity contribution in [2.75, 3.05) is 6.54 Å². The molecule has 0 fully saturated rings. The van der Waals surface area contributed by atoms with Crippen molar-refractivity contribution in [3.05, 3.63) is 28.0 Å². The van der Waals surface area contributed by atoms with E-state index in [2.05, 4.69) is 15.7 Å². The molecule has 2 heterocycles. The minimum atomic E-state index is -0.243. The first-order valence-electron chi connectivity index (χ1n) is 6.71. The number of hydrogen-bond donors (Lipinski definition) is 2. The Labute approximate surface area is 126 Å². The standard InChI is InChI=1S/C13H19N5O2S/c1-9(2)15-12(19)14-6-7-18-13(20)17(3)11(16-18)10-5-4-8-21-10/h4-5,8-9H,6-7H2,1-3H3,(H2,14,15,19). The van der Waals surface area contributed by atoms with Gasteiger partial charge in [-0.2, -0.15) is 0 Å². The Bertz CT molecular complexity index is 657. The second-order valence-electron chi connectivity index (χ2n) is 4.92. The zero-order valence-electron chi connectivity index (χ0n) is 12.3. The van der Waals surface area contributed by atoms with E-state index in [1.165, 1.54) is 20.6 Å². The molecule has 2 aromatic heterocycles. The van der Waals surface area contributed by atoms with E-state index < -0.39 is 0 Å². The lowest BCUT2D eigenvalue weighted by molar-refractivity contribution is 0.238. The summed E-state index contributed by atoms with van der Waals surface area (Å²) in [5.41, 5.74) is -0.190. The number of nitrogens with zero attached hydrogens (tertiary/aromatic N) is 3. The van der Waals surface area contributed by atoms with Crippen LogP contribution in [0.1, 0.15) is 13.8 Å². The van der Waals surface area contributed by atoms with Gasteiger partial charge in [-0.3, -0.25) is 4.57 Å². The third kappa shape index (κ3) is 3.72. The highest BCUT2D eigenvalue weighted by Crippen LogP contribution is 2.20. The molecule has 2 amide bonds. The lowest BCUT2D eigenvalue weighted by atomic mass is 10.4. The van der Waals surface area contributed by atoms with Gasteiger partial charge < -0.3 is 10.6 Å². The van der Waals surface area contributed by atoms with Gasteiger partial charge in [0.2, 0.25) is 0 Å². The van der Waals surface area contributed by atoms with Crippen LogP contribution in [-0.4, -0.2) is 33.0 Å². The summed E-state index contributed by atoms with van der Waals surface area (Å²) < 4.78 is 2.88. The van der Waals surface area contributed by atoms with Crippen LogP contribution in [0.5, 0.6) is 0 Å². The highest BCUT2D eigenvalue weighted by molar-refractivity contribution is 7.13. The SMILES string of the molecule is CC(C)NC(=O)NCCn1nc(-c2cccs2)n(C)c1=O. The largest absolute Gasteiger partial charge is 0.346 e. The first-order chi connectivity index (χ1) is 9.99. The average Bonchev–Trinajstić information content (AvgIpc) is 3.01. The molecular weight excluding hydrogens is 290 g/mol. The predicted octanol–water partition coefficient (Wildman–Crippen LogP) is 1.02. The van der Waals surface area contributed by atoms with Gasteiger partial charge in [-0.1, -0.05) is 6.07 Å². The Morgan fingerprint density at radius 2 is 2.24 bits per heavy atom. The van der Waals surface area contributed by atoms with Gasteiger partial charge in [0.25, 0.3) is 0 Å². The number of amides is 2. The van der Waals surface area contributed by atoms with Gasteiger partial charge in [-0.15, -0.1) is 16.4 Å². The van der Waals surface area contributed by atoms with E-state index in [1.54, 1.807) is 7.05 Å². The van der Waals surface area contributed by atoms with Crippen molar-refractivity contribution >= 4 is 17.4 Å². The molecule has 2 rings (SSSR count). The molecule has 2 N–H and O–H groups in total. The Morgan fingerprint density at radius 1 is 1.48 bits per heavy atom. The minimum absolute atomic E-state index is 0.0769. The summed E-state index contributed by atoms with van der Waals surface area (Å²) in [5.74, 6) is 0.640. The summed E-state index contributed by atoms with van der Waals surface area (Å²) in [4.78, 5) is 24.5. The van der Waals surface area contributed by atoms with E-state index in [1.807, 2.05) is 31.4 Å². The summed E-state index contributed by atoms with van der Waals surface area (Å²) in [7, 11) is 1.69. The molecule has 114 valence electrons. The second-order valence-corrected chi connectivity index (χ2v) is 5.87. The maximum Gasteiger partial charge on any atom is 0.346 e. The van der Waals surface area contributed by atoms with Crippen LogP contribution in [0.2, 0.25) is 0 Å². The molecule has 8 heteroatoms. The van der Waals surface area contributed by atoms with Gasteiger partial charge in [0.05, 0.1) is 11.4 Å². The fourth-order valence-electron chi connectivity index (χ4n) is 1.84. The normalized spacial score (nSPS) is 10.9. The van der Waals surface area contributed by atoms with Crippen molar-refractivity contribution < 1.29 is 4.79 Å². The Kier molecular flexibility index (Phi) is 4.79. The first-order valence-corrected chi connectivity index (χ1v) is 7.59. The van der Waals surface area contributed by atoms with E-state index in [9.17, 15) is 9.59 Å². The summed E-state index contributed by atoms with van der Waals surface area (Å²) in [5, 5.41) is 11.7. The number of aromatic nitrogens is 3. The molecule has 0 aromatic carbocycles. The molecule has 7 nitrogen and oxygen atoms in total. The fourth-order valence-corrected chi connectivity index (χ4v) is 2.59. The molecule has 0 atom stereocenters. The summed E-state index contributed by atoms with van der Waals surface area (Å²) in [6.45, 7) is 4.45. The summed E-state index contributed by atoms with van der Waals surface area (Å²) in [6, 6.07) is 3.67. The maximum atomic E-state index is 12.1. The molecule has 0 bridgehead atoms. The summed E-state index contributed by atoms with van der Waals surface area (Å²) in [6.07, 6.45) is 0. The molecule has 0 aliphatic rings. The number of carbonyl (C=O) groups is 1. The molecule has 0 aliphatic heterocycles. The van der Waals surface area contributed by atoms with Crippen LogP contribution in [0.4, 0.5) is 4.79 Å². The number of urea groups is 1. The predicted molar refractivity (Wildman–Crippen MR) is 82.5 cm³/mol. The van der Waals surface area contributed by atoms with E-state index >= 15 is 0 Å². The highest BCUT2D eigenvalue weighted by Gasteiger charge is 2.12. The van der Waals surface area contributed by atoms with Crippen LogP contribution < -0.4 is 16.3 Å². The minimum Gasteiger partial charge on any atom is -0.336 e. The van der Waals surface area contributed by atoms with Crippen LogP contribution in [0.15, 0.2) is 22.3 Å². The first kappa shape index (κ1) is 15.3. The van der Waals surface area contributed by atoms with E-state index in [4.69, 9.17) is 0 Å². The molecule has 0 unspecified atom stereocenters.